The first-order valence-electron chi connectivity index (χ1n) is 9.56. The maximum Gasteiger partial charge on any atom is 0.310 e. The highest BCUT2D eigenvalue weighted by Gasteiger charge is 2.16. The summed E-state index contributed by atoms with van der Waals surface area (Å²) < 4.78 is 5.31. The molecule has 8 nitrogen and oxygen atoms in total. The number of ether oxygens (including phenoxy) is 1. The van der Waals surface area contributed by atoms with E-state index in [4.69, 9.17) is 4.74 Å². The third kappa shape index (κ3) is 5.89. The van der Waals surface area contributed by atoms with Crippen molar-refractivity contribution in [2.75, 3.05) is 11.9 Å². The van der Waals surface area contributed by atoms with Crippen LogP contribution >= 0.6 is 0 Å². The molecule has 3 aromatic rings. The zero-order valence-electron chi connectivity index (χ0n) is 16.8. The Morgan fingerprint density at radius 2 is 1.71 bits per heavy atom. The van der Waals surface area contributed by atoms with E-state index in [2.05, 4.69) is 10.6 Å². The standard InChI is InChI=1S/C23H21N3O5/c1-16(24-22(27)15-31-21-13-6-5-12-20(21)26(29)30)18-10-7-11-19(14-18)25-23(28)17-8-3-2-4-9-17/h2-14,16H,15H2,1H3,(H,24,27)(H,25,28). The topological polar surface area (TPSA) is 111 Å². The highest BCUT2D eigenvalue weighted by Crippen LogP contribution is 2.25. The van der Waals surface area contributed by atoms with Crippen molar-refractivity contribution < 1.29 is 19.2 Å². The average molecular weight is 419 g/mol. The third-order valence-corrected chi connectivity index (χ3v) is 4.48. The first kappa shape index (κ1) is 21.5. The number of carbonyl (C=O) groups is 2. The summed E-state index contributed by atoms with van der Waals surface area (Å²) in [4.78, 5) is 35.0. The molecule has 1 atom stereocenters. The van der Waals surface area contributed by atoms with Crippen molar-refractivity contribution >= 4 is 23.2 Å². The minimum atomic E-state index is -0.564. The molecule has 0 aliphatic carbocycles. The first-order valence-corrected chi connectivity index (χ1v) is 9.56. The molecule has 2 N–H and O–H groups in total. The van der Waals surface area contributed by atoms with Crippen LogP contribution in [0.25, 0.3) is 0 Å². The van der Waals surface area contributed by atoms with Gasteiger partial charge >= 0.3 is 5.69 Å². The van der Waals surface area contributed by atoms with Gasteiger partial charge in [0.2, 0.25) is 0 Å². The molecule has 0 saturated heterocycles. The number of amides is 2. The lowest BCUT2D eigenvalue weighted by Gasteiger charge is -2.16. The summed E-state index contributed by atoms with van der Waals surface area (Å²) >= 11 is 0. The number of hydrogen-bond acceptors (Lipinski definition) is 5. The van der Waals surface area contributed by atoms with E-state index in [1.807, 2.05) is 12.1 Å². The zero-order chi connectivity index (χ0) is 22.2. The van der Waals surface area contributed by atoms with Crippen molar-refractivity contribution in [1.82, 2.24) is 5.32 Å². The smallest absolute Gasteiger partial charge is 0.310 e. The number of para-hydroxylation sites is 2. The maximum atomic E-state index is 12.3. The van der Waals surface area contributed by atoms with Gasteiger partial charge in [0, 0.05) is 17.3 Å². The predicted octanol–water partition coefficient (Wildman–Crippen LogP) is 4.10. The van der Waals surface area contributed by atoms with Gasteiger partial charge in [-0.15, -0.1) is 0 Å². The molecule has 0 saturated carbocycles. The lowest BCUT2D eigenvalue weighted by Crippen LogP contribution is -2.31. The van der Waals surface area contributed by atoms with Crippen molar-refractivity contribution in [3.05, 3.63) is 100 Å². The van der Waals surface area contributed by atoms with Crippen LogP contribution in [0.1, 0.15) is 28.9 Å². The van der Waals surface area contributed by atoms with E-state index in [0.29, 0.717) is 11.3 Å². The van der Waals surface area contributed by atoms with Gasteiger partial charge in [-0.05, 0) is 42.8 Å². The molecule has 3 aromatic carbocycles. The van der Waals surface area contributed by atoms with E-state index >= 15 is 0 Å². The summed E-state index contributed by atoms with van der Waals surface area (Å²) in [7, 11) is 0. The van der Waals surface area contributed by atoms with Crippen LogP contribution in [0.5, 0.6) is 5.75 Å². The molecule has 0 fully saturated rings. The van der Waals surface area contributed by atoms with Gasteiger partial charge in [-0.1, -0.05) is 42.5 Å². The van der Waals surface area contributed by atoms with Crippen LogP contribution in [0.15, 0.2) is 78.9 Å². The van der Waals surface area contributed by atoms with Crippen molar-refractivity contribution in [2.45, 2.75) is 13.0 Å². The van der Waals surface area contributed by atoms with E-state index in [1.165, 1.54) is 18.2 Å². The van der Waals surface area contributed by atoms with Crippen LogP contribution in [0.2, 0.25) is 0 Å². The molecule has 0 spiro atoms. The SMILES string of the molecule is CC(NC(=O)COc1ccccc1[N+](=O)[O-])c1cccc(NC(=O)c2ccccc2)c1. The normalized spacial score (nSPS) is 11.3. The molecule has 0 radical (unpaired) electrons. The van der Waals surface area contributed by atoms with Gasteiger partial charge in [-0.2, -0.15) is 0 Å². The Morgan fingerprint density at radius 1 is 1.00 bits per heavy atom. The van der Waals surface area contributed by atoms with E-state index in [0.717, 1.165) is 5.56 Å². The van der Waals surface area contributed by atoms with Crippen LogP contribution in [-0.4, -0.2) is 23.3 Å². The van der Waals surface area contributed by atoms with Crippen molar-refractivity contribution in [2.24, 2.45) is 0 Å². The molecule has 31 heavy (non-hydrogen) atoms. The second-order valence-electron chi connectivity index (χ2n) is 6.75. The molecular weight excluding hydrogens is 398 g/mol. The Balaban J connectivity index is 1.58. The first-order chi connectivity index (χ1) is 14.9. The number of nitro benzene ring substituents is 1. The van der Waals surface area contributed by atoms with E-state index in [1.54, 1.807) is 55.5 Å². The fourth-order valence-electron chi connectivity index (χ4n) is 2.92. The summed E-state index contributed by atoms with van der Waals surface area (Å²) in [6.45, 7) is 1.43. The van der Waals surface area contributed by atoms with Crippen molar-refractivity contribution in [3.63, 3.8) is 0 Å². The molecule has 158 valence electrons. The molecule has 2 amide bonds. The van der Waals surface area contributed by atoms with Gasteiger partial charge in [0.1, 0.15) is 0 Å². The zero-order valence-corrected chi connectivity index (χ0v) is 16.8. The minimum absolute atomic E-state index is 0.0286. The monoisotopic (exact) mass is 419 g/mol. The van der Waals surface area contributed by atoms with Crippen LogP contribution in [0.4, 0.5) is 11.4 Å². The Hall–Kier alpha value is -4.20. The van der Waals surface area contributed by atoms with E-state index < -0.39 is 10.8 Å². The maximum absolute atomic E-state index is 12.3. The fraction of sp³-hybridized carbons (Fsp3) is 0.130. The summed E-state index contributed by atoms with van der Waals surface area (Å²) in [6, 6.07) is 21.5. The number of carbonyl (C=O) groups excluding carboxylic acids is 2. The van der Waals surface area contributed by atoms with Crippen molar-refractivity contribution in [3.8, 4) is 5.75 Å². The Morgan fingerprint density at radius 3 is 2.45 bits per heavy atom. The highest BCUT2D eigenvalue weighted by atomic mass is 16.6. The second kappa shape index (κ2) is 10.0. The molecule has 0 aliphatic heterocycles. The quantitative estimate of drug-likeness (QED) is 0.422. The Bertz CT molecular complexity index is 1090. The molecule has 0 bridgehead atoms. The summed E-state index contributed by atoms with van der Waals surface area (Å²) in [6.07, 6.45) is 0. The fourth-order valence-corrected chi connectivity index (χ4v) is 2.92. The molecule has 3 rings (SSSR count). The molecule has 8 heteroatoms. The van der Waals surface area contributed by atoms with Gasteiger partial charge in [-0.25, -0.2) is 0 Å². The molecule has 1 unspecified atom stereocenters. The van der Waals surface area contributed by atoms with Gasteiger partial charge < -0.3 is 15.4 Å². The molecule has 0 aliphatic rings. The van der Waals surface area contributed by atoms with Crippen molar-refractivity contribution in [1.29, 1.82) is 0 Å². The Kier molecular flexibility index (Phi) is 6.95. The number of anilines is 1. The summed E-state index contributed by atoms with van der Waals surface area (Å²) in [5.74, 6) is -0.627. The number of nitrogens with one attached hydrogen (secondary N) is 2. The second-order valence-corrected chi connectivity index (χ2v) is 6.75. The minimum Gasteiger partial charge on any atom is -0.477 e. The molecule has 0 heterocycles. The van der Waals surface area contributed by atoms with Crippen LogP contribution in [0, 0.1) is 10.1 Å². The predicted molar refractivity (Wildman–Crippen MR) is 116 cm³/mol. The average Bonchev–Trinajstić information content (AvgIpc) is 2.78. The number of hydrogen-bond donors (Lipinski definition) is 2. The number of nitrogens with zero attached hydrogens (tertiary/aromatic N) is 1. The van der Waals surface area contributed by atoms with E-state index in [9.17, 15) is 19.7 Å². The molecule has 0 aromatic heterocycles. The van der Waals surface area contributed by atoms with Gasteiger partial charge in [0.05, 0.1) is 11.0 Å². The summed E-state index contributed by atoms with van der Waals surface area (Å²) in [5, 5.41) is 16.6. The molecular formula is C23H21N3O5. The highest BCUT2D eigenvalue weighted by molar-refractivity contribution is 6.04. The lowest BCUT2D eigenvalue weighted by atomic mass is 10.1. The number of benzene rings is 3. The lowest BCUT2D eigenvalue weighted by molar-refractivity contribution is -0.385. The van der Waals surface area contributed by atoms with Gasteiger partial charge in [0.25, 0.3) is 11.8 Å². The van der Waals surface area contributed by atoms with Crippen LogP contribution in [0.3, 0.4) is 0 Å². The number of rotatable bonds is 8. The Labute approximate surface area is 179 Å². The van der Waals surface area contributed by atoms with Crippen LogP contribution in [-0.2, 0) is 4.79 Å². The largest absolute Gasteiger partial charge is 0.477 e. The summed E-state index contributed by atoms with van der Waals surface area (Å²) in [5.41, 5.74) is 1.72. The third-order valence-electron chi connectivity index (χ3n) is 4.48. The van der Waals surface area contributed by atoms with Gasteiger partial charge in [-0.3, -0.25) is 19.7 Å². The van der Waals surface area contributed by atoms with Gasteiger partial charge in [0.15, 0.2) is 12.4 Å². The van der Waals surface area contributed by atoms with E-state index in [-0.39, 0.29) is 30.0 Å². The number of nitro groups is 1. The van der Waals surface area contributed by atoms with Crippen LogP contribution < -0.4 is 15.4 Å².